The van der Waals surface area contributed by atoms with Gasteiger partial charge in [-0.15, -0.1) is 0 Å². The van der Waals surface area contributed by atoms with Crippen LogP contribution in [0.25, 0.3) is 0 Å². The molecule has 0 aromatic heterocycles. The first-order valence-corrected chi connectivity index (χ1v) is 6.08. The summed E-state index contributed by atoms with van der Waals surface area (Å²) in [4.78, 5) is 0. The number of benzene rings is 1. The van der Waals surface area contributed by atoms with Gasteiger partial charge in [-0.3, -0.25) is 0 Å². The summed E-state index contributed by atoms with van der Waals surface area (Å²) in [6, 6.07) is 5.65. The summed E-state index contributed by atoms with van der Waals surface area (Å²) in [5.41, 5.74) is 2.34. The Morgan fingerprint density at radius 1 is 1.38 bits per heavy atom. The van der Waals surface area contributed by atoms with E-state index in [-0.39, 0.29) is 11.9 Å². The molecule has 0 radical (unpaired) electrons. The second-order valence-corrected chi connectivity index (χ2v) is 4.71. The first-order chi connectivity index (χ1) is 7.84. The van der Waals surface area contributed by atoms with E-state index in [1.165, 1.54) is 24.9 Å². The van der Waals surface area contributed by atoms with Crippen molar-refractivity contribution in [2.75, 3.05) is 13.2 Å². The molecule has 3 heteroatoms. The van der Waals surface area contributed by atoms with Crippen LogP contribution in [0.5, 0.6) is 0 Å². The van der Waals surface area contributed by atoms with E-state index in [0.717, 1.165) is 18.6 Å². The normalized spacial score (nSPS) is 29.1. The molecule has 0 bridgehead atoms. The maximum Gasteiger partial charge on any atom is 0.134 e. The fraction of sp³-hybridized carbons (Fsp3) is 0.538. The number of fused-ring (bicyclic) bond motifs is 1. The van der Waals surface area contributed by atoms with Gasteiger partial charge < -0.3 is 10.1 Å². The molecular formula is C13H17FNO+. The quantitative estimate of drug-likeness (QED) is 0.758. The van der Waals surface area contributed by atoms with Crippen LogP contribution in [0.15, 0.2) is 18.2 Å². The van der Waals surface area contributed by atoms with E-state index in [0.29, 0.717) is 6.04 Å². The summed E-state index contributed by atoms with van der Waals surface area (Å²) in [5, 5.41) is 2.36. The van der Waals surface area contributed by atoms with Gasteiger partial charge in [0.1, 0.15) is 18.0 Å². The van der Waals surface area contributed by atoms with Crippen molar-refractivity contribution in [2.24, 2.45) is 0 Å². The molecule has 1 fully saturated rings. The number of hydrogen-bond donors (Lipinski definition) is 1. The van der Waals surface area contributed by atoms with Crippen LogP contribution in [-0.2, 0) is 11.2 Å². The van der Waals surface area contributed by atoms with Gasteiger partial charge in [0.25, 0.3) is 0 Å². The molecule has 1 aromatic carbocycles. The van der Waals surface area contributed by atoms with E-state index in [4.69, 9.17) is 4.74 Å². The Hall–Kier alpha value is -0.930. The molecule has 2 N–H and O–H groups in total. The molecule has 2 aliphatic rings. The van der Waals surface area contributed by atoms with Crippen LogP contribution in [0, 0.1) is 5.82 Å². The van der Waals surface area contributed by atoms with Crippen LogP contribution in [0.1, 0.15) is 30.1 Å². The number of quaternary nitrogens is 1. The molecule has 0 amide bonds. The van der Waals surface area contributed by atoms with Crippen molar-refractivity contribution in [3.63, 3.8) is 0 Å². The Balaban J connectivity index is 1.93. The first kappa shape index (κ1) is 10.2. The minimum Gasteiger partial charge on any atom is -0.367 e. The maximum absolute atomic E-state index is 13.2. The van der Waals surface area contributed by atoms with E-state index in [2.05, 4.69) is 5.32 Å². The zero-order valence-corrected chi connectivity index (χ0v) is 9.29. The van der Waals surface area contributed by atoms with Gasteiger partial charge in [-0.2, -0.15) is 0 Å². The minimum absolute atomic E-state index is 0.130. The Bertz CT molecular complexity index is 388. The van der Waals surface area contributed by atoms with E-state index < -0.39 is 0 Å². The average molecular weight is 222 g/mol. The van der Waals surface area contributed by atoms with Gasteiger partial charge in [0.15, 0.2) is 0 Å². The summed E-state index contributed by atoms with van der Waals surface area (Å²) in [5.74, 6) is -0.130. The Morgan fingerprint density at radius 3 is 3.12 bits per heavy atom. The predicted molar refractivity (Wildman–Crippen MR) is 58.6 cm³/mol. The molecule has 1 saturated heterocycles. The molecule has 0 spiro atoms. The van der Waals surface area contributed by atoms with Gasteiger partial charge in [-0.25, -0.2) is 4.39 Å². The second kappa shape index (κ2) is 4.15. The summed E-state index contributed by atoms with van der Waals surface area (Å²) in [7, 11) is 0. The minimum atomic E-state index is -0.130. The summed E-state index contributed by atoms with van der Waals surface area (Å²) < 4.78 is 19.0. The van der Waals surface area contributed by atoms with Crippen LogP contribution in [-0.4, -0.2) is 19.2 Å². The van der Waals surface area contributed by atoms with Gasteiger partial charge >= 0.3 is 0 Å². The van der Waals surface area contributed by atoms with Gasteiger partial charge in [0, 0.05) is 12.8 Å². The SMILES string of the molecule is Fc1ccc2c(c1)CCOC2[C@H]1CCC[NH2+]1. The number of ether oxygens (including phenoxy) is 1. The molecular weight excluding hydrogens is 205 g/mol. The third-order valence-corrected chi connectivity index (χ3v) is 3.68. The maximum atomic E-state index is 13.2. The van der Waals surface area contributed by atoms with E-state index >= 15 is 0 Å². The highest BCUT2D eigenvalue weighted by Gasteiger charge is 2.33. The predicted octanol–water partition coefficient (Wildman–Crippen LogP) is 1.17. The lowest BCUT2D eigenvalue weighted by Gasteiger charge is -2.28. The molecule has 2 heterocycles. The van der Waals surface area contributed by atoms with Gasteiger partial charge in [-0.05, 0) is 29.7 Å². The molecule has 16 heavy (non-hydrogen) atoms. The van der Waals surface area contributed by atoms with Crippen LogP contribution in [0.3, 0.4) is 0 Å². The van der Waals surface area contributed by atoms with Crippen molar-refractivity contribution in [1.82, 2.24) is 0 Å². The summed E-state index contributed by atoms with van der Waals surface area (Å²) in [6.45, 7) is 1.92. The van der Waals surface area contributed by atoms with Crippen LogP contribution in [0.2, 0.25) is 0 Å². The fourth-order valence-corrected chi connectivity index (χ4v) is 2.89. The molecule has 0 saturated carbocycles. The molecule has 1 aromatic rings. The van der Waals surface area contributed by atoms with Crippen molar-refractivity contribution in [3.05, 3.63) is 35.1 Å². The Labute approximate surface area is 94.8 Å². The molecule has 2 atom stereocenters. The highest BCUT2D eigenvalue weighted by Crippen LogP contribution is 2.31. The number of hydrogen-bond acceptors (Lipinski definition) is 1. The lowest BCUT2D eigenvalue weighted by atomic mass is 9.92. The van der Waals surface area contributed by atoms with Gasteiger partial charge in [0.05, 0.1) is 13.2 Å². The molecule has 2 aliphatic heterocycles. The fourth-order valence-electron chi connectivity index (χ4n) is 2.89. The van der Waals surface area contributed by atoms with Crippen LogP contribution < -0.4 is 5.32 Å². The van der Waals surface area contributed by atoms with E-state index in [1.54, 1.807) is 12.1 Å². The molecule has 3 rings (SSSR count). The van der Waals surface area contributed by atoms with Gasteiger partial charge in [-0.1, -0.05) is 6.07 Å². The zero-order chi connectivity index (χ0) is 11.0. The smallest absolute Gasteiger partial charge is 0.134 e. The molecule has 86 valence electrons. The zero-order valence-electron chi connectivity index (χ0n) is 9.29. The number of rotatable bonds is 1. The van der Waals surface area contributed by atoms with Crippen molar-refractivity contribution < 1.29 is 14.4 Å². The van der Waals surface area contributed by atoms with Crippen molar-refractivity contribution in [1.29, 1.82) is 0 Å². The third-order valence-electron chi connectivity index (χ3n) is 3.68. The average Bonchev–Trinajstić information content (AvgIpc) is 2.81. The van der Waals surface area contributed by atoms with Gasteiger partial charge in [0.2, 0.25) is 0 Å². The Kier molecular flexibility index (Phi) is 2.65. The lowest BCUT2D eigenvalue weighted by Crippen LogP contribution is -2.87. The molecule has 2 nitrogen and oxygen atoms in total. The highest BCUT2D eigenvalue weighted by molar-refractivity contribution is 5.32. The second-order valence-electron chi connectivity index (χ2n) is 4.71. The molecule has 0 aliphatic carbocycles. The number of halogens is 1. The topological polar surface area (TPSA) is 25.8 Å². The lowest BCUT2D eigenvalue weighted by molar-refractivity contribution is -0.679. The summed E-state index contributed by atoms with van der Waals surface area (Å²) in [6.07, 6.45) is 3.49. The number of nitrogens with two attached hydrogens (primary N) is 1. The largest absolute Gasteiger partial charge is 0.367 e. The van der Waals surface area contributed by atoms with Crippen LogP contribution >= 0.6 is 0 Å². The van der Waals surface area contributed by atoms with Crippen molar-refractivity contribution >= 4 is 0 Å². The Morgan fingerprint density at radius 2 is 2.31 bits per heavy atom. The van der Waals surface area contributed by atoms with Crippen molar-refractivity contribution in [2.45, 2.75) is 31.4 Å². The highest BCUT2D eigenvalue weighted by atomic mass is 19.1. The van der Waals surface area contributed by atoms with E-state index in [9.17, 15) is 4.39 Å². The molecule has 1 unspecified atom stereocenters. The van der Waals surface area contributed by atoms with Crippen molar-refractivity contribution in [3.8, 4) is 0 Å². The third kappa shape index (κ3) is 1.74. The monoisotopic (exact) mass is 222 g/mol. The summed E-state index contributed by atoms with van der Waals surface area (Å²) >= 11 is 0. The van der Waals surface area contributed by atoms with Crippen LogP contribution in [0.4, 0.5) is 4.39 Å². The standard InChI is InChI=1S/C13H16FNO/c14-10-3-4-11-9(8-10)5-7-16-13(11)12-2-1-6-15-12/h3-4,8,12-13,15H,1-2,5-7H2/p+1/t12-,13?/m1/s1. The van der Waals surface area contributed by atoms with E-state index in [1.807, 2.05) is 6.07 Å². The first-order valence-electron chi connectivity index (χ1n) is 6.08.